The number of aryl methyl sites for hydroxylation is 1. The first-order valence-corrected chi connectivity index (χ1v) is 10.7. The molecule has 1 atom stereocenters. The molecule has 2 aromatic carbocycles. The Bertz CT molecular complexity index is 830. The Morgan fingerprint density at radius 1 is 1.18 bits per heavy atom. The third kappa shape index (κ3) is 4.89. The maximum absolute atomic E-state index is 13.0. The van der Waals surface area contributed by atoms with Crippen molar-refractivity contribution in [3.05, 3.63) is 63.1 Å². The highest BCUT2D eigenvalue weighted by Crippen LogP contribution is 2.30. The van der Waals surface area contributed by atoms with Crippen LogP contribution < -0.4 is 5.32 Å². The summed E-state index contributed by atoms with van der Waals surface area (Å²) < 4.78 is 0. The van der Waals surface area contributed by atoms with Gasteiger partial charge in [-0.3, -0.25) is 9.69 Å². The van der Waals surface area contributed by atoms with E-state index in [1.165, 1.54) is 5.56 Å². The number of para-hydroxylation sites is 1. The highest BCUT2D eigenvalue weighted by molar-refractivity contribution is 6.35. The Morgan fingerprint density at radius 2 is 1.86 bits per heavy atom. The zero-order chi connectivity index (χ0) is 20.3. The van der Waals surface area contributed by atoms with Gasteiger partial charge in [-0.1, -0.05) is 61.3 Å². The summed E-state index contributed by atoms with van der Waals surface area (Å²) in [5, 5.41) is 4.58. The minimum Gasteiger partial charge on any atom is -0.325 e. The smallest absolute Gasteiger partial charge is 0.228 e. The molecule has 28 heavy (non-hydrogen) atoms. The maximum atomic E-state index is 13.0. The van der Waals surface area contributed by atoms with Gasteiger partial charge in [0.25, 0.3) is 0 Å². The second-order valence-electron chi connectivity index (χ2n) is 7.96. The number of hydrogen-bond donors (Lipinski definition) is 1. The fourth-order valence-electron chi connectivity index (χ4n) is 3.89. The summed E-state index contributed by atoms with van der Waals surface area (Å²) in [6.45, 7) is 8.70. The largest absolute Gasteiger partial charge is 0.325 e. The van der Waals surface area contributed by atoms with E-state index in [1.807, 2.05) is 31.2 Å². The van der Waals surface area contributed by atoms with Crippen LogP contribution in [-0.2, 0) is 11.3 Å². The van der Waals surface area contributed by atoms with Gasteiger partial charge in [-0.25, -0.2) is 0 Å². The molecular weight excluding hydrogens is 391 g/mol. The van der Waals surface area contributed by atoms with Crippen molar-refractivity contribution in [1.29, 1.82) is 0 Å². The molecule has 3 nitrogen and oxygen atoms in total. The van der Waals surface area contributed by atoms with Crippen molar-refractivity contribution in [3.63, 3.8) is 0 Å². The van der Waals surface area contributed by atoms with Crippen molar-refractivity contribution >= 4 is 34.8 Å². The van der Waals surface area contributed by atoms with Crippen LogP contribution in [0.2, 0.25) is 10.0 Å². The summed E-state index contributed by atoms with van der Waals surface area (Å²) in [6, 6.07) is 11.8. The van der Waals surface area contributed by atoms with Crippen LogP contribution in [0.1, 0.15) is 49.3 Å². The number of likely N-dealkylation sites (tertiary alicyclic amines) is 1. The number of nitrogens with zero attached hydrogens (tertiary/aromatic N) is 1. The van der Waals surface area contributed by atoms with Crippen LogP contribution in [-0.4, -0.2) is 23.9 Å². The number of carbonyl (C=O) groups is 1. The topological polar surface area (TPSA) is 32.3 Å². The van der Waals surface area contributed by atoms with E-state index in [4.69, 9.17) is 23.2 Å². The zero-order valence-corrected chi connectivity index (χ0v) is 18.3. The second kappa shape index (κ2) is 9.30. The van der Waals surface area contributed by atoms with Gasteiger partial charge in [-0.15, -0.1) is 0 Å². The molecule has 5 heteroatoms. The quantitative estimate of drug-likeness (QED) is 0.619. The molecule has 1 N–H and O–H groups in total. The highest BCUT2D eigenvalue weighted by Gasteiger charge is 2.27. The van der Waals surface area contributed by atoms with Gasteiger partial charge in [-0.05, 0) is 55.5 Å². The third-order valence-electron chi connectivity index (χ3n) is 5.49. The van der Waals surface area contributed by atoms with Gasteiger partial charge in [0.05, 0.1) is 5.92 Å². The number of hydrogen-bond acceptors (Lipinski definition) is 2. The Labute approximate surface area is 178 Å². The number of anilines is 1. The fraction of sp³-hybridized carbons (Fsp3) is 0.435. The van der Waals surface area contributed by atoms with E-state index < -0.39 is 0 Å². The summed E-state index contributed by atoms with van der Waals surface area (Å²) in [4.78, 5) is 15.3. The van der Waals surface area contributed by atoms with Gasteiger partial charge in [0.15, 0.2) is 0 Å². The molecule has 1 fully saturated rings. The van der Waals surface area contributed by atoms with Crippen molar-refractivity contribution < 1.29 is 4.79 Å². The van der Waals surface area contributed by atoms with E-state index >= 15 is 0 Å². The van der Waals surface area contributed by atoms with Crippen LogP contribution in [0.4, 0.5) is 5.69 Å². The number of piperidine rings is 1. The first-order valence-electron chi connectivity index (χ1n) is 9.92. The van der Waals surface area contributed by atoms with Gasteiger partial charge in [-0.2, -0.15) is 0 Å². The van der Waals surface area contributed by atoms with Crippen molar-refractivity contribution in [3.8, 4) is 0 Å². The first-order chi connectivity index (χ1) is 13.4. The average molecular weight is 419 g/mol. The van der Waals surface area contributed by atoms with E-state index in [0.29, 0.717) is 22.5 Å². The van der Waals surface area contributed by atoms with E-state index in [1.54, 1.807) is 0 Å². The molecule has 1 aliphatic rings. The molecule has 2 aromatic rings. The summed E-state index contributed by atoms with van der Waals surface area (Å²) in [6.07, 6.45) is 1.90. The molecule has 0 radical (unpaired) electrons. The Hall–Kier alpha value is -1.55. The molecule has 0 bridgehead atoms. The second-order valence-corrected chi connectivity index (χ2v) is 8.77. The summed E-state index contributed by atoms with van der Waals surface area (Å²) >= 11 is 12.7. The van der Waals surface area contributed by atoms with Crippen LogP contribution in [0.15, 0.2) is 36.4 Å². The monoisotopic (exact) mass is 418 g/mol. The molecule has 150 valence electrons. The minimum absolute atomic E-state index is 0.0327. The lowest BCUT2D eigenvalue weighted by Crippen LogP contribution is -2.40. The fourth-order valence-corrected chi connectivity index (χ4v) is 4.40. The minimum atomic E-state index is -0.0327. The third-order valence-corrected chi connectivity index (χ3v) is 6.20. The standard InChI is InChI=1S/C23H28Cl2N2O/c1-15(2)18-9-4-7-16(3)22(18)26-23(28)17-8-6-12-27(13-17)14-19-20(24)10-5-11-21(19)25/h4-5,7,9-11,15,17H,6,8,12-14H2,1-3H3,(H,26,28). The molecule has 1 heterocycles. The van der Waals surface area contributed by atoms with Crippen LogP contribution >= 0.6 is 23.2 Å². The van der Waals surface area contributed by atoms with Crippen molar-refractivity contribution in [2.45, 2.75) is 46.1 Å². The summed E-state index contributed by atoms with van der Waals surface area (Å²) in [5.41, 5.74) is 4.19. The molecule has 1 saturated heterocycles. The molecule has 1 amide bonds. The van der Waals surface area contributed by atoms with Crippen LogP contribution in [0, 0.1) is 12.8 Å². The summed E-state index contributed by atoms with van der Waals surface area (Å²) in [7, 11) is 0. The Morgan fingerprint density at radius 3 is 2.54 bits per heavy atom. The van der Waals surface area contributed by atoms with Gasteiger partial charge >= 0.3 is 0 Å². The Balaban J connectivity index is 1.70. The van der Waals surface area contributed by atoms with Crippen LogP contribution in [0.5, 0.6) is 0 Å². The SMILES string of the molecule is Cc1cccc(C(C)C)c1NC(=O)C1CCCN(Cc2c(Cl)cccc2Cl)C1. The summed E-state index contributed by atoms with van der Waals surface area (Å²) in [5.74, 6) is 0.432. The van der Waals surface area contributed by atoms with Gasteiger partial charge in [0, 0.05) is 34.4 Å². The van der Waals surface area contributed by atoms with Crippen molar-refractivity contribution in [2.75, 3.05) is 18.4 Å². The van der Waals surface area contributed by atoms with Crippen molar-refractivity contribution in [1.82, 2.24) is 4.90 Å². The molecule has 0 spiro atoms. The predicted octanol–water partition coefficient (Wildman–Crippen LogP) is 6.28. The first kappa shape index (κ1) is 21.2. The molecule has 0 saturated carbocycles. The van der Waals surface area contributed by atoms with E-state index in [-0.39, 0.29) is 11.8 Å². The molecule has 1 unspecified atom stereocenters. The van der Waals surface area contributed by atoms with Gasteiger partial charge in [0.1, 0.15) is 0 Å². The maximum Gasteiger partial charge on any atom is 0.228 e. The zero-order valence-electron chi connectivity index (χ0n) is 16.8. The number of benzene rings is 2. The van der Waals surface area contributed by atoms with Gasteiger partial charge in [0.2, 0.25) is 5.91 Å². The van der Waals surface area contributed by atoms with Crippen molar-refractivity contribution in [2.24, 2.45) is 5.92 Å². The lowest BCUT2D eigenvalue weighted by molar-refractivity contribution is -0.121. The number of nitrogens with one attached hydrogen (secondary N) is 1. The number of amides is 1. The number of halogens is 2. The molecule has 3 rings (SSSR count). The van der Waals surface area contributed by atoms with Crippen LogP contribution in [0.3, 0.4) is 0 Å². The van der Waals surface area contributed by atoms with E-state index in [2.05, 4.69) is 36.2 Å². The van der Waals surface area contributed by atoms with Crippen LogP contribution in [0.25, 0.3) is 0 Å². The lowest BCUT2D eigenvalue weighted by atomic mass is 9.94. The average Bonchev–Trinajstić information content (AvgIpc) is 2.66. The number of carbonyl (C=O) groups excluding carboxylic acids is 1. The molecule has 0 aromatic heterocycles. The number of rotatable bonds is 5. The molecule has 0 aliphatic carbocycles. The highest BCUT2D eigenvalue weighted by atomic mass is 35.5. The molecule has 1 aliphatic heterocycles. The predicted molar refractivity (Wildman–Crippen MR) is 118 cm³/mol. The van der Waals surface area contributed by atoms with E-state index in [0.717, 1.165) is 42.7 Å². The Kier molecular flexibility index (Phi) is 7.03. The lowest BCUT2D eigenvalue weighted by Gasteiger charge is -2.32. The molecular formula is C23H28Cl2N2O. The van der Waals surface area contributed by atoms with Gasteiger partial charge < -0.3 is 5.32 Å². The van der Waals surface area contributed by atoms with E-state index in [9.17, 15) is 4.79 Å². The normalized spacial score (nSPS) is 17.7.